The molecule has 0 saturated heterocycles. The van der Waals surface area contributed by atoms with E-state index >= 15 is 0 Å². The van der Waals surface area contributed by atoms with Crippen LogP contribution in [0.2, 0.25) is 0 Å². The number of rotatable bonds is 3. The molecule has 0 unspecified atom stereocenters. The summed E-state index contributed by atoms with van der Waals surface area (Å²) >= 11 is 0. The van der Waals surface area contributed by atoms with Crippen LogP contribution in [-0.2, 0) is 0 Å². The maximum absolute atomic E-state index is 6.15. The number of unbranched alkanes of at least 4 members (excludes halogenated alkanes) is 1. The normalized spacial score (nSPS) is 12.4. The van der Waals surface area contributed by atoms with E-state index in [1.165, 1.54) is 5.56 Å². The minimum absolute atomic E-state index is 0.906. The topological polar surface area (TPSA) is 26.3 Å². The summed E-state index contributed by atoms with van der Waals surface area (Å²) in [6.07, 6.45) is 6.64. The zero-order valence-corrected chi connectivity index (χ0v) is 14.1. The number of fused-ring (bicyclic) bond motifs is 6. The molecule has 0 saturated carbocycles. The third-order valence-electron chi connectivity index (χ3n) is 4.76. The van der Waals surface area contributed by atoms with Crippen LogP contribution in [0.25, 0.3) is 50.0 Å². The van der Waals surface area contributed by atoms with Crippen molar-refractivity contribution in [3.8, 4) is 0 Å². The lowest BCUT2D eigenvalue weighted by atomic mass is 10.1. The van der Waals surface area contributed by atoms with Crippen LogP contribution in [0, 0.1) is 0 Å². The number of para-hydroxylation sites is 1. The second kappa shape index (κ2) is 5.52. The molecule has 2 nitrogen and oxygen atoms in total. The molecule has 0 aliphatic carbocycles. The van der Waals surface area contributed by atoms with Gasteiger partial charge in [-0.05, 0) is 42.3 Å². The van der Waals surface area contributed by atoms with Crippen LogP contribution >= 0.6 is 0 Å². The number of hydrogen-bond donors (Lipinski definition) is 0. The van der Waals surface area contributed by atoms with E-state index in [2.05, 4.69) is 55.5 Å². The Bertz CT molecular complexity index is 1250. The van der Waals surface area contributed by atoms with E-state index in [-0.39, 0.29) is 0 Å². The van der Waals surface area contributed by atoms with Gasteiger partial charge < -0.3 is 8.83 Å². The molecule has 5 aromatic rings. The summed E-state index contributed by atoms with van der Waals surface area (Å²) in [5.74, 6) is 0. The predicted octanol–water partition coefficient (Wildman–Crippen LogP) is 7.30. The zero-order chi connectivity index (χ0) is 16.8. The molecule has 5 rings (SSSR count). The van der Waals surface area contributed by atoms with E-state index < -0.39 is 0 Å². The molecule has 0 atom stereocenters. The highest BCUT2D eigenvalue weighted by Crippen LogP contribution is 2.36. The summed E-state index contributed by atoms with van der Waals surface area (Å²) in [5, 5.41) is 4.46. The molecule has 0 aliphatic rings. The maximum Gasteiger partial charge on any atom is 0.136 e. The van der Waals surface area contributed by atoms with Gasteiger partial charge in [0.15, 0.2) is 0 Å². The minimum Gasteiger partial charge on any atom is -0.456 e. The van der Waals surface area contributed by atoms with Crippen LogP contribution in [0.4, 0.5) is 0 Å². The SMILES string of the molecule is CCC/C=C/c1ccc2c(c1)oc1cc3c(cc12)oc1ccccc13. The van der Waals surface area contributed by atoms with Crippen LogP contribution in [0.5, 0.6) is 0 Å². The van der Waals surface area contributed by atoms with Crippen molar-refractivity contribution >= 4 is 50.0 Å². The first-order valence-electron chi connectivity index (χ1n) is 8.77. The van der Waals surface area contributed by atoms with E-state index in [0.717, 1.165) is 56.7 Å². The zero-order valence-electron chi connectivity index (χ0n) is 14.1. The fraction of sp³-hybridized carbons (Fsp3) is 0.130. The van der Waals surface area contributed by atoms with Crippen LogP contribution in [-0.4, -0.2) is 0 Å². The van der Waals surface area contributed by atoms with E-state index in [0.29, 0.717) is 0 Å². The molecule has 0 radical (unpaired) electrons. The van der Waals surface area contributed by atoms with E-state index in [1.54, 1.807) is 0 Å². The first kappa shape index (κ1) is 14.4. The number of allylic oxidation sites excluding steroid dienone is 1. The fourth-order valence-corrected chi connectivity index (χ4v) is 3.50. The van der Waals surface area contributed by atoms with Crippen molar-refractivity contribution in [1.82, 2.24) is 0 Å². The number of benzene rings is 3. The Hall–Kier alpha value is -3.00. The molecule has 2 heterocycles. The highest BCUT2D eigenvalue weighted by Gasteiger charge is 2.12. The van der Waals surface area contributed by atoms with Gasteiger partial charge in [-0.25, -0.2) is 0 Å². The van der Waals surface area contributed by atoms with Gasteiger partial charge >= 0.3 is 0 Å². The molecular formula is C23H18O2. The average Bonchev–Trinajstić information content (AvgIpc) is 3.17. The summed E-state index contributed by atoms with van der Waals surface area (Å²) in [6, 6.07) is 18.7. The van der Waals surface area contributed by atoms with Crippen molar-refractivity contribution in [2.75, 3.05) is 0 Å². The Morgan fingerprint density at radius 2 is 1.40 bits per heavy atom. The third kappa shape index (κ3) is 2.25. The van der Waals surface area contributed by atoms with Gasteiger partial charge in [0.2, 0.25) is 0 Å². The number of furan rings is 2. The molecule has 3 aromatic carbocycles. The van der Waals surface area contributed by atoms with Crippen molar-refractivity contribution in [3.05, 3.63) is 66.2 Å². The Kier molecular flexibility index (Phi) is 3.17. The molecule has 2 heteroatoms. The van der Waals surface area contributed by atoms with Crippen LogP contribution in [0.3, 0.4) is 0 Å². The van der Waals surface area contributed by atoms with Gasteiger partial charge in [-0.2, -0.15) is 0 Å². The highest BCUT2D eigenvalue weighted by atomic mass is 16.3. The average molecular weight is 326 g/mol. The van der Waals surface area contributed by atoms with Gasteiger partial charge in [-0.3, -0.25) is 0 Å². The molecule has 0 fully saturated rings. The summed E-state index contributed by atoms with van der Waals surface area (Å²) in [6.45, 7) is 2.19. The van der Waals surface area contributed by atoms with Crippen molar-refractivity contribution in [1.29, 1.82) is 0 Å². The van der Waals surface area contributed by atoms with E-state index in [4.69, 9.17) is 8.83 Å². The lowest BCUT2D eigenvalue weighted by Gasteiger charge is -1.94. The molecule has 25 heavy (non-hydrogen) atoms. The van der Waals surface area contributed by atoms with Crippen LogP contribution < -0.4 is 0 Å². The molecule has 0 spiro atoms. The smallest absolute Gasteiger partial charge is 0.136 e. The van der Waals surface area contributed by atoms with Crippen LogP contribution in [0.15, 0.2) is 69.5 Å². The first-order chi connectivity index (χ1) is 12.3. The summed E-state index contributed by atoms with van der Waals surface area (Å²) < 4.78 is 12.2. The molecule has 2 aromatic heterocycles. The van der Waals surface area contributed by atoms with Gasteiger partial charge in [0.25, 0.3) is 0 Å². The minimum atomic E-state index is 0.906. The van der Waals surface area contributed by atoms with Crippen molar-refractivity contribution in [3.63, 3.8) is 0 Å². The van der Waals surface area contributed by atoms with Crippen molar-refractivity contribution < 1.29 is 8.83 Å². The third-order valence-corrected chi connectivity index (χ3v) is 4.76. The lowest BCUT2D eigenvalue weighted by molar-refractivity contribution is 0.664. The molecular weight excluding hydrogens is 308 g/mol. The highest BCUT2D eigenvalue weighted by molar-refractivity contribution is 6.14. The van der Waals surface area contributed by atoms with Gasteiger partial charge in [0.1, 0.15) is 22.3 Å². The molecule has 122 valence electrons. The Labute approximate surface area is 145 Å². The van der Waals surface area contributed by atoms with Gasteiger partial charge in [0, 0.05) is 21.5 Å². The van der Waals surface area contributed by atoms with Crippen LogP contribution in [0.1, 0.15) is 25.3 Å². The Morgan fingerprint density at radius 3 is 2.20 bits per heavy atom. The standard InChI is InChI=1S/C23H18O2/c1-2-3-4-7-15-10-11-17-19-14-22-18(13-23(19)25-21(17)12-15)16-8-5-6-9-20(16)24-22/h4-14H,2-3H2,1H3/b7-4+. The first-order valence-corrected chi connectivity index (χ1v) is 8.77. The largest absolute Gasteiger partial charge is 0.456 e. The summed E-state index contributed by atoms with van der Waals surface area (Å²) in [7, 11) is 0. The molecule has 0 bridgehead atoms. The van der Waals surface area contributed by atoms with E-state index in [9.17, 15) is 0 Å². The monoisotopic (exact) mass is 326 g/mol. The Morgan fingerprint density at radius 1 is 0.720 bits per heavy atom. The van der Waals surface area contributed by atoms with Gasteiger partial charge in [-0.15, -0.1) is 0 Å². The summed E-state index contributed by atoms with van der Waals surface area (Å²) in [5.41, 5.74) is 4.82. The quantitative estimate of drug-likeness (QED) is 0.348. The van der Waals surface area contributed by atoms with E-state index in [1.807, 2.05) is 18.2 Å². The molecule has 0 amide bonds. The fourth-order valence-electron chi connectivity index (χ4n) is 3.50. The van der Waals surface area contributed by atoms with Crippen molar-refractivity contribution in [2.24, 2.45) is 0 Å². The maximum atomic E-state index is 6.15. The Balaban J connectivity index is 1.74. The summed E-state index contributed by atoms with van der Waals surface area (Å²) in [4.78, 5) is 0. The van der Waals surface area contributed by atoms with Crippen molar-refractivity contribution in [2.45, 2.75) is 19.8 Å². The van der Waals surface area contributed by atoms with Gasteiger partial charge in [0.05, 0.1) is 0 Å². The molecule has 0 aliphatic heterocycles. The second-order valence-corrected chi connectivity index (χ2v) is 6.49. The lowest BCUT2D eigenvalue weighted by Crippen LogP contribution is -1.72. The van der Waals surface area contributed by atoms with Gasteiger partial charge in [-0.1, -0.05) is 49.8 Å². The molecule has 0 N–H and O–H groups in total. The second-order valence-electron chi connectivity index (χ2n) is 6.49. The number of hydrogen-bond acceptors (Lipinski definition) is 2. The predicted molar refractivity (Wildman–Crippen MR) is 105 cm³/mol.